The van der Waals surface area contributed by atoms with Gasteiger partial charge in [-0.15, -0.1) is 0 Å². The second-order valence-corrected chi connectivity index (χ2v) is 6.60. The van der Waals surface area contributed by atoms with Gasteiger partial charge < -0.3 is 14.5 Å². The van der Waals surface area contributed by atoms with E-state index < -0.39 is 0 Å². The van der Waals surface area contributed by atoms with Crippen molar-refractivity contribution in [2.75, 3.05) is 38.2 Å². The molecule has 4 rings (SSSR count). The fourth-order valence-electron chi connectivity index (χ4n) is 3.44. The van der Waals surface area contributed by atoms with E-state index in [0.717, 1.165) is 41.3 Å². The van der Waals surface area contributed by atoms with Gasteiger partial charge in [-0.3, -0.25) is 9.48 Å². The van der Waals surface area contributed by atoms with Gasteiger partial charge in [-0.05, 0) is 17.7 Å². The molecule has 1 aliphatic rings. The number of aryl methyl sites for hydroxylation is 1. The monoisotopic (exact) mass is 366 g/mol. The summed E-state index contributed by atoms with van der Waals surface area (Å²) in [5.74, 6) is 1.79. The second-order valence-electron chi connectivity index (χ2n) is 6.60. The first-order chi connectivity index (χ1) is 13.2. The normalized spacial score (nSPS) is 14.6. The highest BCUT2D eigenvalue weighted by atomic mass is 16.5. The van der Waals surface area contributed by atoms with Crippen molar-refractivity contribution in [1.29, 1.82) is 0 Å². The molecule has 1 aliphatic heterocycles. The molecule has 0 N–H and O–H groups in total. The number of fused-ring (bicyclic) bond motifs is 1. The van der Waals surface area contributed by atoms with Crippen molar-refractivity contribution >= 4 is 22.8 Å². The van der Waals surface area contributed by atoms with E-state index in [1.54, 1.807) is 24.3 Å². The smallest absolute Gasteiger partial charge is 0.227 e. The highest BCUT2D eigenvalue weighted by Crippen LogP contribution is 2.23. The summed E-state index contributed by atoms with van der Waals surface area (Å²) in [5.41, 5.74) is 1.78. The summed E-state index contributed by atoms with van der Waals surface area (Å²) in [4.78, 5) is 25.5. The van der Waals surface area contributed by atoms with E-state index in [1.807, 2.05) is 36.2 Å². The van der Waals surface area contributed by atoms with Crippen molar-refractivity contribution in [3.8, 4) is 5.75 Å². The third-order valence-electron chi connectivity index (χ3n) is 4.93. The summed E-state index contributed by atoms with van der Waals surface area (Å²) in [6.07, 6.45) is 3.75. The molecule has 1 amide bonds. The summed E-state index contributed by atoms with van der Waals surface area (Å²) >= 11 is 0. The van der Waals surface area contributed by atoms with Crippen LogP contribution in [0.1, 0.15) is 5.56 Å². The van der Waals surface area contributed by atoms with Crippen molar-refractivity contribution < 1.29 is 9.53 Å². The predicted octanol–water partition coefficient (Wildman–Crippen LogP) is 1.26. The molecule has 1 aromatic carbocycles. The Bertz CT molecular complexity index is 962. The Hall–Kier alpha value is -3.16. The Kier molecular flexibility index (Phi) is 4.62. The molecule has 0 spiro atoms. The first-order valence-electron chi connectivity index (χ1n) is 8.94. The minimum Gasteiger partial charge on any atom is -0.497 e. The third-order valence-corrected chi connectivity index (χ3v) is 4.93. The zero-order valence-corrected chi connectivity index (χ0v) is 15.5. The van der Waals surface area contributed by atoms with Gasteiger partial charge in [-0.2, -0.15) is 5.10 Å². The summed E-state index contributed by atoms with van der Waals surface area (Å²) in [7, 11) is 3.50. The molecule has 3 heterocycles. The number of aromatic nitrogens is 4. The Morgan fingerprint density at radius 2 is 2.00 bits per heavy atom. The predicted molar refractivity (Wildman–Crippen MR) is 102 cm³/mol. The topological polar surface area (TPSA) is 76.4 Å². The minimum absolute atomic E-state index is 0.136. The van der Waals surface area contributed by atoms with Gasteiger partial charge in [0.25, 0.3) is 0 Å². The molecule has 8 heteroatoms. The molecule has 0 saturated carbocycles. The molecular weight excluding hydrogens is 344 g/mol. The van der Waals surface area contributed by atoms with E-state index in [4.69, 9.17) is 4.74 Å². The van der Waals surface area contributed by atoms with Gasteiger partial charge in [-0.1, -0.05) is 12.1 Å². The fraction of sp³-hybridized carbons (Fsp3) is 0.368. The van der Waals surface area contributed by atoms with E-state index in [9.17, 15) is 4.79 Å². The summed E-state index contributed by atoms with van der Waals surface area (Å²) in [5, 5.41) is 5.21. The van der Waals surface area contributed by atoms with Crippen LogP contribution in [0.4, 0.5) is 5.82 Å². The van der Waals surface area contributed by atoms with Gasteiger partial charge in [0.05, 0.1) is 25.1 Å². The number of rotatable bonds is 4. The molecule has 0 aliphatic carbocycles. The van der Waals surface area contributed by atoms with Crippen LogP contribution in [0.25, 0.3) is 11.0 Å². The first-order valence-corrected chi connectivity index (χ1v) is 8.94. The number of methoxy groups -OCH3 is 1. The molecule has 0 bridgehead atoms. The molecule has 0 atom stereocenters. The average Bonchev–Trinajstić information content (AvgIpc) is 3.09. The number of anilines is 1. The highest BCUT2D eigenvalue weighted by molar-refractivity contribution is 5.87. The zero-order chi connectivity index (χ0) is 18.8. The maximum Gasteiger partial charge on any atom is 0.227 e. The quantitative estimate of drug-likeness (QED) is 0.692. The van der Waals surface area contributed by atoms with Crippen LogP contribution in [-0.4, -0.2) is 63.8 Å². The van der Waals surface area contributed by atoms with Crippen LogP contribution in [0.5, 0.6) is 5.75 Å². The number of ether oxygens (including phenoxy) is 1. The number of piperazine rings is 1. The van der Waals surface area contributed by atoms with Gasteiger partial charge in [0.15, 0.2) is 5.65 Å². The van der Waals surface area contributed by atoms with Crippen LogP contribution in [-0.2, 0) is 18.3 Å². The maximum absolute atomic E-state index is 12.7. The van der Waals surface area contributed by atoms with E-state index in [-0.39, 0.29) is 5.91 Å². The minimum atomic E-state index is 0.136. The average molecular weight is 366 g/mol. The lowest BCUT2D eigenvalue weighted by Crippen LogP contribution is -2.49. The van der Waals surface area contributed by atoms with Crippen LogP contribution in [0.3, 0.4) is 0 Å². The molecule has 8 nitrogen and oxygen atoms in total. The number of carbonyl (C=O) groups is 1. The van der Waals surface area contributed by atoms with Crippen molar-refractivity contribution in [2.45, 2.75) is 6.42 Å². The molecule has 0 unspecified atom stereocenters. The number of amides is 1. The number of carbonyl (C=O) groups excluding carboxylic acids is 1. The Balaban J connectivity index is 1.41. The molecule has 27 heavy (non-hydrogen) atoms. The van der Waals surface area contributed by atoms with Gasteiger partial charge in [-0.25, -0.2) is 9.97 Å². The van der Waals surface area contributed by atoms with E-state index in [0.29, 0.717) is 19.5 Å². The van der Waals surface area contributed by atoms with Crippen molar-refractivity contribution in [3.63, 3.8) is 0 Å². The summed E-state index contributed by atoms with van der Waals surface area (Å²) < 4.78 is 6.98. The number of hydrogen-bond acceptors (Lipinski definition) is 6. The summed E-state index contributed by atoms with van der Waals surface area (Å²) in [6, 6.07) is 7.66. The van der Waals surface area contributed by atoms with E-state index in [1.165, 1.54) is 0 Å². The SMILES string of the molecule is COc1cccc(CC(=O)N2CCN(c3ncnc4c3cnn4C)CC2)c1. The zero-order valence-electron chi connectivity index (χ0n) is 15.5. The van der Waals surface area contributed by atoms with Crippen molar-refractivity contribution in [1.82, 2.24) is 24.6 Å². The Labute approximate surface area is 157 Å². The van der Waals surface area contributed by atoms with Gasteiger partial charge in [0.1, 0.15) is 17.9 Å². The molecule has 2 aromatic heterocycles. The standard InChI is InChI=1S/C19H22N6O2/c1-23-18-16(12-22-23)19(21-13-20-18)25-8-6-24(7-9-25)17(26)11-14-4-3-5-15(10-14)27-2/h3-5,10,12-13H,6-9,11H2,1-2H3. The Morgan fingerprint density at radius 1 is 1.19 bits per heavy atom. The van der Waals surface area contributed by atoms with E-state index in [2.05, 4.69) is 20.0 Å². The van der Waals surface area contributed by atoms with Crippen LogP contribution in [0.2, 0.25) is 0 Å². The van der Waals surface area contributed by atoms with Crippen LogP contribution >= 0.6 is 0 Å². The number of hydrogen-bond donors (Lipinski definition) is 0. The van der Waals surface area contributed by atoms with Crippen LogP contribution in [0.15, 0.2) is 36.8 Å². The summed E-state index contributed by atoms with van der Waals surface area (Å²) in [6.45, 7) is 2.83. The van der Waals surface area contributed by atoms with Gasteiger partial charge in [0, 0.05) is 33.2 Å². The lowest BCUT2D eigenvalue weighted by atomic mass is 10.1. The lowest BCUT2D eigenvalue weighted by molar-refractivity contribution is -0.130. The number of nitrogens with zero attached hydrogens (tertiary/aromatic N) is 6. The van der Waals surface area contributed by atoms with Crippen molar-refractivity contribution in [2.24, 2.45) is 7.05 Å². The third kappa shape index (κ3) is 3.42. The lowest BCUT2D eigenvalue weighted by Gasteiger charge is -2.35. The van der Waals surface area contributed by atoms with Crippen molar-refractivity contribution in [3.05, 3.63) is 42.4 Å². The molecule has 1 fully saturated rings. The second kappa shape index (κ2) is 7.22. The van der Waals surface area contributed by atoms with Crippen LogP contribution < -0.4 is 9.64 Å². The highest BCUT2D eigenvalue weighted by Gasteiger charge is 2.23. The molecule has 1 saturated heterocycles. The first kappa shape index (κ1) is 17.3. The molecule has 3 aromatic rings. The fourth-order valence-corrected chi connectivity index (χ4v) is 3.44. The number of benzene rings is 1. The van der Waals surface area contributed by atoms with E-state index >= 15 is 0 Å². The molecular formula is C19H22N6O2. The Morgan fingerprint density at radius 3 is 2.78 bits per heavy atom. The largest absolute Gasteiger partial charge is 0.497 e. The van der Waals surface area contributed by atoms with Gasteiger partial charge in [0.2, 0.25) is 5.91 Å². The molecule has 140 valence electrons. The maximum atomic E-state index is 12.7. The van der Waals surface area contributed by atoms with Gasteiger partial charge >= 0.3 is 0 Å². The molecule has 0 radical (unpaired) electrons. The van der Waals surface area contributed by atoms with Crippen LogP contribution in [0, 0.1) is 0 Å².